The molecule has 8 heteroatoms. The van der Waals surface area contributed by atoms with Gasteiger partial charge in [-0.15, -0.1) is 0 Å². The summed E-state index contributed by atoms with van der Waals surface area (Å²) >= 11 is 6.26. The molecule has 0 aliphatic carbocycles. The van der Waals surface area contributed by atoms with E-state index in [4.69, 9.17) is 11.6 Å². The van der Waals surface area contributed by atoms with Crippen LogP contribution < -0.4 is 30.7 Å². The summed E-state index contributed by atoms with van der Waals surface area (Å²) in [7, 11) is 0. The van der Waals surface area contributed by atoms with Gasteiger partial charge in [-0.05, 0) is 60.7 Å². The maximum Gasteiger partial charge on any atom is 0.165 e. The largest absolute Gasteiger partial charge is 0.369 e. The number of anilines is 3. The lowest BCUT2D eigenvalue weighted by atomic mass is 9.78. The zero-order valence-electron chi connectivity index (χ0n) is 23.0. The number of rotatable bonds is 7. The van der Waals surface area contributed by atoms with Crippen molar-refractivity contribution < 1.29 is 4.79 Å². The second-order valence-electron chi connectivity index (χ2n) is 11.0. The quantitative estimate of drug-likeness (QED) is 0.383. The normalized spacial score (nSPS) is 23.7. The van der Waals surface area contributed by atoms with Gasteiger partial charge < -0.3 is 30.7 Å². The number of hydrogen-bond acceptors (Lipinski definition) is 7. The van der Waals surface area contributed by atoms with Crippen molar-refractivity contribution >= 4 is 34.4 Å². The maximum absolute atomic E-state index is 14.2. The average molecular weight is 559 g/mol. The Kier molecular flexibility index (Phi) is 8.25. The van der Waals surface area contributed by atoms with Gasteiger partial charge in [0, 0.05) is 99.5 Å². The van der Waals surface area contributed by atoms with Crippen LogP contribution in [0.4, 0.5) is 17.1 Å². The maximum atomic E-state index is 14.2. The highest BCUT2D eigenvalue weighted by atomic mass is 35.5. The summed E-state index contributed by atoms with van der Waals surface area (Å²) in [6, 6.07) is 27.1. The minimum absolute atomic E-state index is 0.0690. The Morgan fingerprint density at radius 2 is 1.43 bits per heavy atom. The minimum atomic E-state index is -0.457. The van der Waals surface area contributed by atoms with Crippen molar-refractivity contribution in [2.45, 2.75) is 18.0 Å². The van der Waals surface area contributed by atoms with E-state index in [2.05, 4.69) is 85.2 Å². The summed E-state index contributed by atoms with van der Waals surface area (Å²) < 4.78 is 0. The fraction of sp³-hybridized carbons (Fsp3) is 0.406. The molecule has 7 nitrogen and oxygen atoms in total. The molecule has 3 aliphatic rings. The van der Waals surface area contributed by atoms with Gasteiger partial charge in [0.1, 0.15) is 0 Å². The molecule has 2 unspecified atom stereocenters. The van der Waals surface area contributed by atoms with Gasteiger partial charge in [-0.3, -0.25) is 4.79 Å². The molecule has 0 bridgehead atoms. The lowest BCUT2D eigenvalue weighted by Gasteiger charge is -2.57. The van der Waals surface area contributed by atoms with Gasteiger partial charge >= 0.3 is 0 Å². The number of ketones is 1. The van der Waals surface area contributed by atoms with E-state index in [0.29, 0.717) is 6.42 Å². The number of nitrogens with zero attached hydrogens (tertiary/aromatic N) is 3. The summed E-state index contributed by atoms with van der Waals surface area (Å²) in [4.78, 5) is 21.5. The van der Waals surface area contributed by atoms with Crippen LogP contribution in [0, 0.1) is 0 Å². The van der Waals surface area contributed by atoms with E-state index < -0.39 is 5.54 Å². The molecule has 3 fully saturated rings. The molecular weight excluding hydrogens is 520 g/mol. The topological polar surface area (TPSA) is 62.9 Å². The zero-order valence-corrected chi connectivity index (χ0v) is 23.7. The molecule has 3 aliphatic heterocycles. The predicted molar refractivity (Wildman–Crippen MR) is 165 cm³/mol. The SMILES string of the molecule is O=C(CC1(C2CNCCN2c2ccc(Cl)cc2)CNCCN1c1ccccc1)c1ccc(N2CCNCC2)cc1. The highest BCUT2D eigenvalue weighted by molar-refractivity contribution is 6.30. The second kappa shape index (κ2) is 12.2. The van der Waals surface area contributed by atoms with Crippen LogP contribution in [0.1, 0.15) is 16.8 Å². The Morgan fingerprint density at radius 3 is 2.17 bits per heavy atom. The summed E-state index contributed by atoms with van der Waals surface area (Å²) in [6.07, 6.45) is 0.415. The van der Waals surface area contributed by atoms with Crippen molar-refractivity contribution in [3.63, 3.8) is 0 Å². The van der Waals surface area contributed by atoms with Crippen LogP contribution in [0.15, 0.2) is 78.9 Å². The van der Waals surface area contributed by atoms with E-state index in [1.54, 1.807) is 0 Å². The van der Waals surface area contributed by atoms with E-state index in [1.165, 1.54) is 5.69 Å². The Bertz CT molecular complexity index is 1260. The lowest BCUT2D eigenvalue weighted by molar-refractivity contribution is 0.0922. The Morgan fingerprint density at radius 1 is 0.750 bits per heavy atom. The van der Waals surface area contributed by atoms with Crippen LogP contribution in [0.25, 0.3) is 0 Å². The van der Waals surface area contributed by atoms with Gasteiger partial charge in [0.05, 0.1) is 11.6 Å². The number of carbonyl (C=O) groups is 1. The fourth-order valence-corrected chi connectivity index (χ4v) is 6.79. The van der Waals surface area contributed by atoms with Crippen LogP contribution in [-0.2, 0) is 0 Å². The molecule has 3 saturated heterocycles. The highest BCUT2D eigenvalue weighted by Gasteiger charge is 2.50. The minimum Gasteiger partial charge on any atom is -0.369 e. The van der Waals surface area contributed by atoms with E-state index in [1.807, 2.05) is 24.3 Å². The van der Waals surface area contributed by atoms with E-state index in [9.17, 15) is 4.79 Å². The Labute approximate surface area is 242 Å². The predicted octanol–water partition coefficient (Wildman–Crippen LogP) is 3.65. The summed E-state index contributed by atoms with van der Waals surface area (Å²) in [5.41, 5.74) is 3.80. The van der Waals surface area contributed by atoms with Crippen molar-refractivity contribution in [2.24, 2.45) is 0 Å². The van der Waals surface area contributed by atoms with Gasteiger partial charge in [-0.25, -0.2) is 0 Å². The molecule has 3 N–H and O–H groups in total. The molecule has 6 rings (SSSR count). The molecule has 0 amide bonds. The molecule has 2 atom stereocenters. The third-order valence-electron chi connectivity index (χ3n) is 8.71. The third kappa shape index (κ3) is 5.56. The number of benzene rings is 3. The molecule has 3 heterocycles. The molecule has 210 valence electrons. The van der Waals surface area contributed by atoms with Crippen molar-refractivity contribution in [3.8, 4) is 0 Å². The van der Waals surface area contributed by atoms with E-state index in [-0.39, 0.29) is 11.8 Å². The van der Waals surface area contributed by atoms with Crippen LogP contribution in [0.5, 0.6) is 0 Å². The van der Waals surface area contributed by atoms with Crippen molar-refractivity contribution in [1.82, 2.24) is 16.0 Å². The lowest BCUT2D eigenvalue weighted by Crippen LogP contribution is -2.75. The molecule has 40 heavy (non-hydrogen) atoms. The molecular formula is C32H39ClN6O. The average Bonchev–Trinajstić information content (AvgIpc) is 3.02. The first kappa shape index (κ1) is 27.1. The van der Waals surface area contributed by atoms with Crippen molar-refractivity contribution in [3.05, 3.63) is 89.4 Å². The summed E-state index contributed by atoms with van der Waals surface area (Å²) in [6.45, 7) is 8.96. The van der Waals surface area contributed by atoms with Gasteiger partial charge in [0.15, 0.2) is 5.78 Å². The number of piperazine rings is 3. The van der Waals surface area contributed by atoms with Crippen LogP contribution in [0.2, 0.25) is 5.02 Å². The van der Waals surface area contributed by atoms with Gasteiger partial charge in [0.25, 0.3) is 0 Å². The van der Waals surface area contributed by atoms with Crippen LogP contribution in [0.3, 0.4) is 0 Å². The molecule has 3 aromatic rings. The first-order chi connectivity index (χ1) is 19.6. The third-order valence-corrected chi connectivity index (χ3v) is 8.96. The van der Waals surface area contributed by atoms with Gasteiger partial charge in [-0.2, -0.15) is 0 Å². The van der Waals surface area contributed by atoms with Gasteiger partial charge in [0.2, 0.25) is 0 Å². The van der Waals surface area contributed by atoms with Gasteiger partial charge in [-0.1, -0.05) is 29.8 Å². The Balaban J connectivity index is 1.36. The molecule has 0 aromatic heterocycles. The number of hydrogen-bond donors (Lipinski definition) is 3. The van der Waals surface area contributed by atoms with E-state index >= 15 is 0 Å². The number of para-hydroxylation sites is 1. The van der Waals surface area contributed by atoms with Crippen LogP contribution >= 0.6 is 11.6 Å². The van der Waals surface area contributed by atoms with Crippen molar-refractivity contribution in [1.29, 1.82) is 0 Å². The van der Waals surface area contributed by atoms with Crippen molar-refractivity contribution in [2.75, 3.05) is 80.1 Å². The first-order valence-corrected chi connectivity index (χ1v) is 14.9. The number of halogens is 1. The standard InChI is InChI=1S/C32H39ClN6O/c33-26-8-12-28(13-9-26)38-20-16-35-23-31(38)32(24-36-17-21-39(32)29-4-2-1-3-5-29)22-30(40)25-6-10-27(11-7-25)37-18-14-34-15-19-37/h1-13,31,34-36H,14-24H2. The molecule has 0 spiro atoms. The zero-order chi connectivity index (χ0) is 27.4. The first-order valence-electron chi connectivity index (χ1n) is 14.5. The second-order valence-corrected chi connectivity index (χ2v) is 11.5. The number of Topliss-reactive ketones (excluding diaryl/α,β-unsaturated/α-hetero) is 1. The van der Waals surface area contributed by atoms with Crippen LogP contribution in [-0.4, -0.2) is 82.8 Å². The Hall–Kier alpha value is -3.10. The molecule has 3 aromatic carbocycles. The highest BCUT2D eigenvalue weighted by Crippen LogP contribution is 2.37. The smallest absolute Gasteiger partial charge is 0.165 e. The molecule has 0 radical (unpaired) electrons. The number of carbonyl (C=O) groups excluding carboxylic acids is 1. The summed E-state index contributed by atoms with van der Waals surface area (Å²) in [5, 5.41) is 11.5. The monoisotopic (exact) mass is 558 g/mol. The fourth-order valence-electron chi connectivity index (χ4n) is 6.67. The van der Waals surface area contributed by atoms with E-state index in [0.717, 1.165) is 87.4 Å². The number of nitrogens with one attached hydrogen (secondary N) is 3. The molecule has 0 saturated carbocycles. The summed E-state index contributed by atoms with van der Waals surface area (Å²) in [5.74, 6) is 0.179.